The highest BCUT2D eigenvalue weighted by Gasteiger charge is 2.15. The maximum atomic E-state index is 14.2. The summed E-state index contributed by atoms with van der Waals surface area (Å²) in [5, 5.41) is 12.8. The average molecular weight is 384 g/mol. The van der Waals surface area contributed by atoms with Crippen LogP contribution in [0, 0.1) is 5.82 Å². The maximum Gasteiger partial charge on any atom is 0.339 e. The van der Waals surface area contributed by atoms with Crippen LogP contribution in [0.2, 0.25) is 5.02 Å². The summed E-state index contributed by atoms with van der Waals surface area (Å²) >= 11 is 5.98. The van der Waals surface area contributed by atoms with Gasteiger partial charge in [0.05, 0.1) is 11.4 Å². The first-order chi connectivity index (χ1) is 12.9. The molecule has 2 heterocycles. The van der Waals surface area contributed by atoms with Gasteiger partial charge in [-0.15, -0.1) is 0 Å². The molecule has 0 radical (unpaired) electrons. The van der Waals surface area contributed by atoms with Crippen LogP contribution in [0.15, 0.2) is 55.5 Å². The van der Waals surface area contributed by atoms with E-state index in [-0.39, 0.29) is 11.1 Å². The minimum atomic E-state index is -1.11. The number of nitrogens with zero attached hydrogens (tertiary/aromatic N) is 2. The van der Waals surface area contributed by atoms with Gasteiger partial charge in [0.15, 0.2) is 0 Å². The first-order valence-corrected chi connectivity index (χ1v) is 8.30. The summed E-state index contributed by atoms with van der Waals surface area (Å²) in [6, 6.07) is 7.39. The summed E-state index contributed by atoms with van der Waals surface area (Å²) in [5.41, 5.74) is 2.89. The molecule has 0 aliphatic rings. The fourth-order valence-electron chi connectivity index (χ4n) is 2.56. The summed E-state index contributed by atoms with van der Waals surface area (Å²) in [6.07, 6.45) is 4.29. The number of pyridine rings is 2. The average Bonchev–Trinajstić information content (AvgIpc) is 2.63. The van der Waals surface area contributed by atoms with E-state index in [1.165, 1.54) is 30.6 Å². The Hall–Kier alpha value is -3.25. The van der Waals surface area contributed by atoms with Gasteiger partial charge in [0.25, 0.3) is 0 Å². The highest BCUT2D eigenvalue weighted by atomic mass is 35.5. The predicted molar refractivity (Wildman–Crippen MR) is 104 cm³/mol. The summed E-state index contributed by atoms with van der Waals surface area (Å²) in [7, 11) is 0. The Morgan fingerprint density at radius 1 is 1.19 bits per heavy atom. The zero-order valence-corrected chi connectivity index (χ0v) is 15.1. The van der Waals surface area contributed by atoms with E-state index < -0.39 is 11.8 Å². The standard InChI is InChI=1S/C20H15ClFN3O2/c1-11(2)14-10-24-18(13-7-12(21)3-4-16(13)22)8-19(14)25-17-5-6-23-9-15(17)20(26)27/h3-10H,1H2,2H3,(H,26,27)(H,23,24,25). The zero-order chi connectivity index (χ0) is 19.6. The number of carboxylic acid groups (broad SMARTS) is 1. The number of rotatable bonds is 5. The van der Waals surface area contributed by atoms with Crippen molar-refractivity contribution in [2.45, 2.75) is 6.92 Å². The van der Waals surface area contributed by atoms with Gasteiger partial charge in [-0.25, -0.2) is 9.18 Å². The Balaban J connectivity index is 2.12. The highest BCUT2D eigenvalue weighted by molar-refractivity contribution is 6.30. The Kier molecular flexibility index (Phi) is 5.19. The molecule has 2 aromatic heterocycles. The summed E-state index contributed by atoms with van der Waals surface area (Å²) in [4.78, 5) is 19.6. The molecule has 3 aromatic rings. The summed E-state index contributed by atoms with van der Waals surface area (Å²) in [6.45, 7) is 5.71. The number of carbonyl (C=O) groups is 1. The topological polar surface area (TPSA) is 75.1 Å². The lowest BCUT2D eigenvalue weighted by Gasteiger charge is -2.15. The van der Waals surface area contributed by atoms with E-state index in [4.69, 9.17) is 11.6 Å². The molecule has 0 aliphatic heterocycles. The van der Waals surface area contributed by atoms with E-state index in [1.54, 1.807) is 25.3 Å². The number of hydrogen-bond donors (Lipinski definition) is 2. The lowest BCUT2D eigenvalue weighted by atomic mass is 10.0. The third kappa shape index (κ3) is 3.96. The van der Waals surface area contributed by atoms with Gasteiger partial charge in [0.1, 0.15) is 11.4 Å². The van der Waals surface area contributed by atoms with E-state index >= 15 is 0 Å². The molecule has 2 N–H and O–H groups in total. The maximum absolute atomic E-state index is 14.2. The molecular weight excluding hydrogens is 369 g/mol. The first kappa shape index (κ1) is 18.5. The predicted octanol–water partition coefficient (Wildman–Crippen LogP) is 5.41. The van der Waals surface area contributed by atoms with E-state index in [9.17, 15) is 14.3 Å². The number of hydrogen-bond acceptors (Lipinski definition) is 4. The molecule has 136 valence electrons. The van der Waals surface area contributed by atoms with Crippen LogP contribution in [0.3, 0.4) is 0 Å². The van der Waals surface area contributed by atoms with E-state index in [0.717, 1.165) is 0 Å². The van der Waals surface area contributed by atoms with Gasteiger partial charge in [-0.3, -0.25) is 9.97 Å². The molecule has 0 fully saturated rings. The SMILES string of the molecule is C=C(C)c1cnc(-c2cc(Cl)ccc2F)cc1Nc1ccncc1C(=O)O. The molecule has 7 heteroatoms. The fourth-order valence-corrected chi connectivity index (χ4v) is 2.73. The highest BCUT2D eigenvalue weighted by Crippen LogP contribution is 2.32. The van der Waals surface area contributed by atoms with Crippen molar-refractivity contribution >= 4 is 34.5 Å². The molecule has 0 atom stereocenters. The zero-order valence-electron chi connectivity index (χ0n) is 14.3. The van der Waals surface area contributed by atoms with E-state index in [2.05, 4.69) is 21.9 Å². The van der Waals surface area contributed by atoms with Gasteiger partial charge in [-0.1, -0.05) is 18.2 Å². The van der Waals surface area contributed by atoms with Crippen molar-refractivity contribution in [2.75, 3.05) is 5.32 Å². The van der Waals surface area contributed by atoms with Gasteiger partial charge < -0.3 is 10.4 Å². The van der Waals surface area contributed by atoms with Crippen LogP contribution in [-0.4, -0.2) is 21.0 Å². The van der Waals surface area contributed by atoms with Crippen LogP contribution >= 0.6 is 11.6 Å². The normalized spacial score (nSPS) is 10.5. The van der Waals surface area contributed by atoms with Gasteiger partial charge in [0, 0.05) is 40.4 Å². The van der Waals surface area contributed by atoms with Crippen LogP contribution in [0.4, 0.5) is 15.8 Å². The Morgan fingerprint density at radius 2 is 1.96 bits per heavy atom. The molecule has 0 bridgehead atoms. The third-order valence-corrected chi connectivity index (χ3v) is 4.12. The van der Waals surface area contributed by atoms with Gasteiger partial charge in [0.2, 0.25) is 0 Å². The van der Waals surface area contributed by atoms with Gasteiger partial charge >= 0.3 is 5.97 Å². The molecule has 5 nitrogen and oxygen atoms in total. The van der Waals surface area contributed by atoms with Crippen molar-refractivity contribution in [3.63, 3.8) is 0 Å². The van der Waals surface area contributed by atoms with Crippen molar-refractivity contribution < 1.29 is 14.3 Å². The van der Waals surface area contributed by atoms with Crippen molar-refractivity contribution in [3.05, 3.63) is 77.5 Å². The second-order valence-electron chi connectivity index (χ2n) is 5.87. The monoisotopic (exact) mass is 383 g/mol. The number of benzene rings is 1. The summed E-state index contributed by atoms with van der Waals surface area (Å²) < 4.78 is 14.2. The van der Waals surface area contributed by atoms with Crippen LogP contribution in [0.5, 0.6) is 0 Å². The van der Waals surface area contributed by atoms with Crippen molar-refractivity contribution in [2.24, 2.45) is 0 Å². The second-order valence-corrected chi connectivity index (χ2v) is 6.31. The number of nitrogens with one attached hydrogen (secondary N) is 1. The smallest absolute Gasteiger partial charge is 0.339 e. The van der Waals surface area contributed by atoms with Crippen LogP contribution in [-0.2, 0) is 0 Å². The van der Waals surface area contributed by atoms with E-state index in [0.29, 0.717) is 33.2 Å². The van der Waals surface area contributed by atoms with Gasteiger partial charge in [-0.05, 0) is 42.8 Å². The largest absolute Gasteiger partial charge is 0.478 e. The molecule has 3 rings (SSSR count). The van der Waals surface area contributed by atoms with E-state index in [1.807, 2.05) is 0 Å². The minimum Gasteiger partial charge on any atom is -0.478 e. The second kappa shape index (κ2) is 7.55. The number of anilines is 2. The molecule has 0 saturated carbocycles. The molecule has 1 aromatic carbocycles. The molecule has 0 aliphatic carbocycles. The number of aromatic carboxylic acids is 1. The number of allylic oxidation sites excluding steroid dienone is 1. The quantitative estimate of drug-likeness (QED) is 0.616. The molecular formula is C20H15ClFN3O2. The molecule has 0 amide bonds. The van der Waals surface area contributed by atoms with Crippen molar-refractivity contribution in [3.8, 4) is 11.3 Å². The Labute approximate surface area is 160 Å². The molecule has 0 saturated heterocycles. The fraction of sp³-hybridized carbons (Fsp3) is 0.0500. The van der Waals surface area contributed by atoms with Gasteiger partial charge in [-0.2, -0.15) is 0 Å². The summed E-state index contributed by atoms with van der Waals surface area (Å²) in [5.74, 6) is -1.58. The molecule has 0 spiro atoms. The lowest BCUT2D eigenvalue weighted by Crippen LogP contribution is -2.05. The Bertz CT molecular complexity index is 1050. The molecule has 27 heavy (non-hydrogen) atoms. The van der Waals surface area contributed by atoms with Crippen molar-refractivity contribution in [1.82, 2.24) is 9.97 Å². The first-order valence-electron chi connectivity index (χ1n) is 7.92. The van der Waals surface area contributed by atoms with Crippen LogP contribution < -0.4 is 5.32 Å². The van der Waals surface area contributed by atoms with Crippen LogP contribution in [0.25, 0.3) is 16.8 Å². The number of aromatic nitrogens is 2. The number of halogens is 2. The Morgan fingerprint density at radius 3 is 2.67 bits per heavy atom. The molecule has 0 unspecified atom stereocenters. The lowest BCUT2D eigenvalue weighted by molar-refractivity contribution is 0.0697. The number of carboxylic acids is 1. The minimum absolute atomic E-state index is 0.0115. The van der Waals surface area contributed by atoms with Crippen LogP contribution in [0.1, 0.15) is 22.8 Å². The van der Waals surface area contributed by atoms with Crippen molar-refractivity contribution in [1.29, 1.82) is 0 Å². The third-order valence-electron chi connectivity index (χ3n) is 3.89.